The minimum Gasteiger partial charge on any atom is -0.507 e. The van der Waals surface area contributed by atoms with E-state index in [0.717, 1.165) is 72.6 Å². The average molecular weight is 443 g/mol. The number of hydrogen-bond acceptors (Lipinski definition) is 5. The lowest BCUT2D eigenvalue weighted by molar-refractivity contribution is 0.145. The van der Waals surface area contributed by atoms with Crippen molar-refractivity contribution in [3.8, 4) is 17.0 Å². The number of thioether (sulfide) groups is 1. The standard InChI is InChI=1S/C25H38N4OS/c1-24(2,3)18-14-17(15-19(22(18)30)25(4,5)6)21-20(29-12-13-31-23(29)26-21)16-28-10-8-27(7)9-11-28/h14-15,30H,8-13,16H2,1-7H3. The summed E-state index contributed by atoms with van der Waals surface area (Å²) in [5, 5.41) is 12.3. The van der Waals surface area contributed by atoms with E-state index in [1.807, 2.05) is 11.8 Å². The minimum atomic E-state index is -0.144. The fraction of sp³-hybridized carbons (Fsp3) is 0.640. The van der Waals surface area contributed by atoms with Crippen LogP contribution in [0, 0.1) is 0 Å². The van der Waals surface area contributed by atoms with Crippen molar-refractivity contribution in [1.29, 1.82) is 0 Å². The Balaban J connectivity index is 1.83. The normalized spacial score (nSPS) is 18.5. The molecule has 1 N–H and O–H groups in total. The van der Waals surface area contributed by atoms with Crippen LogP contribution in [0.2, 0.25) is 0 Å². The first-order valence-electron chi connectivity index (χ1n) is 11.5. The first-order chi connectivity index (χ1) is 14.4. The van der Waals surface area contributed by atoms with E-state index in [1.54, 1.807) is 0 Å². The highest BCUT2D eigenvalue weighted by atomic mass is 32.2. The predicted octanol–water partition coefficient (Wildman–Crippen LogP) is 4.70. The van der Waals surface area contributed by atoms with Crippen LogP contribution in [0.25, 0.3) is 11.3 Å². The average Bonchev–Trinajstić information content (AvgIpc) is 3.24. The van der Waals surface area contributed by atoms with E-state index in [2.05, 4.69) is 75.1 Å². The molecule has 1 fully saturated rings. The molecule has 2 aliphatic rings. The van der Waals surface area contributed by atoms with E-state index >= 15 is 0 Å². The third-order valence-corrected chi connectivity index (χ3v) is 7.51. The van der Waals surface area contributed by atoms with E-state index in [-0.39, 0.29) is 10.8 Å². The van der Waals surface area contributed by atoms with Crippen LogP contribution in [-0.4, -0.2) is 63.4 Å². The van der Waals surface area contributed by atoms with Gasteiger partial charge in [-0.3, -0.25) is 4.90 Å². The zero-order chi connectivity index (χ0) is 22.6. The Bertz CT molecular complexity index is 924. The highest BCUT2D eigenvalue weighted by molar-refractivity contribution is 7.99. The van der Waals surface area contributed by atoms with Crippen molar-refractivity contribution in [2.45, 2.75) is 70.6 Å². The van der Waals surface area contributed by atoms with Crippen molar-refractivity contribution in [2.24, 2.45) is 0 Å². The molecule has 0 radical (unpaired) electrons. The van der Waals surface area contributed by atoms with E-state index in [0.29, 0.717) is 5.75 Å². The molecular formula is C25H38N4OS. The maximum atomic E-state index is 11.2. The van der Waals surface area contributed by atoms with Crippen LogP contribution in [0.1, 0.15) is 58.4 Å². The summed E-state index contributed by atoms with van der Waals surface area (Å²) in [4.78, 5) is 10.1. The smallest absolute Gasteiger partial charge is 0.168 e. The molecule has 4 rings (SSSR count). The summed E-state index contributed by atoms with van der Waals surface area (Å²) in [7, 11) is 2.20. The quantitative estimate of drug-likeness (QED) is 0.746. The van der Waals surface area contributed by atoms with Gasteiger partial charge >= 0.3 is 0 Å². The molecule has 2 aromatic rings. The van der Waals surface area contributed by atoms with Gasteiger partial charge in [0.15, 0.2) is 5.16 Å². The summed E-state index contributed by atoms with van der Waals surface area (Å²) in [5.41, 5.74) is 5.28. The van der Waals surface area contributed by atoms with Crippen molar-refractivity contribution < 1.29 is 5.11 Å². The zero-order valence-corrected chi connectivity index (χ0v) is 21.1. The lowest BCUT2D eigenvalue weighted by atomic mass is 9.78. The second-order valence-electron chi connectivity index (χ2n) is 11.2. The van der Waals surface area contributed by atoms with Gasteiger partial charge in [0.1, 0.15) is 5.75 Å². The molecule has 1 saturated heterocycles. The molecule has 6 heteroatoms. The molecule has 0 atom stereocenters. The highest BCUT2D eigenvalue weighted by Gasteiger charge is 2.30. The number of phenolic OH excluding ortho intramolecular Hbond substituents is 1. The molecular weight excluding hydrogens is 404 g/mol. The number of hydrogen-bond donors (Lipinski definition) is 1. The van der Waals surface area contributed by atoms with Crippen molar-refractivity contribution >= 4 is 11.8 Å². The number of fused-ring (bicyclic) bond motifs is 1. The van der Waals surface area contributed by atoms with E-state index in [1.165, 1.54) is 5.69 Å². The summed E-state index contributed by atoms with van der Waals surface area (Å²) >= 11 is 1.86. The molecule has 0 unspecified atom stereocenters. The summed E-state index contributed by atoms with van der Waals surface area (Å²) in [5.74, 6) is 1.54. The largest absolute Gasteiger partial charge is 0.507 e. The van der Waals surface area contributed by atoms with Crippen LogP contribution in [0.5, 0.6) is 5.75 Å². The zero-order valence-electron chi connectivity index (χ0n) is 20.2. The van der Waals surface area contributed by atoms with Crippen LogP contribution in [0.3, 0.4) is 0 Å². The van der Waals surface area contributed by atoms with Gasteiger partial charge in [0, 0.05) is 61.7 Å². The molecule has 3 heterocycles. The first-order valence-corrected chi connectivity index (χ1v) is 12.4. The summed E-state index contributed by atoms with van der Waals surface area (Å²) in [6, 6.07) is 4.36. The molecule has 1 aromatic carbocycles. The molecule has 0 bridgehead atoms. The Morgan fingerprint density at radius 2 is 1.52 bits per heavy atom. The number of likely N-dealkylation sites (N-methyl/N-ethyl adjacent to an activating group) is 1. The second kappa shape index (κ2) is 8.13. The maximum Gasteiger partial charge on any atom is 0.168 e. The van der Waals surface area contributed by atoms with Gasteiger partial charge in [0.05, 0.1) is 11.4 Å². The van der Waals surface area contributed by atoms with E-state index in [9.17, 15) is 5.11 Å². The summed E-state index contributed by atoms with van der Waals surface area (Å²) in [6.07, 6.45) is 0. The van der Waals surface area contributed by atoms with Gasteiger partial charge in [0.25, 0.3) is 0 Å². The molecule has 170 valence electrons. The number of nitrogens with zero attached hydrogens (tertiary/aromatic N) is 4. The predicted molar refractivity (Wildman–Crippen MR) is 130 cm³/mol. The Morgan fingerprint density at radius 3 is 2.06 bits per heavy atom. The molecule has 31 heavy (non-hydrogen) atoms. The molecule has 0 saturated carbocycles. The van der Waals surface area contributed by atoms with Gasteiger partial charge in [0.2, 0.25) is 0 Å². The Kier molecular flexibility index (Phi) is 5.95. The number of aromatic nitrogens is 2. The van der Waals surface area contributed by atoms with E-state index < -0.39 is 0 Å². The Morgan fingerprint density at radius 1 is 0.935 bits per heavy atom. The van der Waals surface area contributed by atoms with Gasteiger partial charge in [-0.2, -0.15) is 0 Å². The number of benzene rings is 1. The fourth-order valence-corrected chi connectivity index (χ4v) is 5.53. The molecule has 0 aliphatic carbocycles. The maximum absolute atomic E-state index is 11.2. The van der Waals surface area contributed by atoms with Crippen molar-refractivity contribution in [3.05, 3.63) is 29.0 Å². The summed E-state index contributed by atoms with van der Waals surface area (Å²) in [6.45, 7) is 19.4. The van der Waals surface area contributed by atoms with Crippen LogP contribution in [0.15, 0.2) is 17.3 Å². The number of aromatic hydroxyl groups is 1. The topological polar surface area (TPSA) is 44.5 Å². The first kappa shape index (κ1) is 22.7. The van der Waals surface area contributed by atoms with Gasteiger partial charge in [-0.15, -0.1) is 0 Å². The van der Waals surface area contributed by atoms with Crippen LogP contribution in [-0.2, 0) is 23.9 Å². The Hall–Kier alpha value is -1.50. The highest BCUT2D eigenvalue weighted by Crippen LogP contribution is 2.43. The number of rotatable bonds is 3. The number of imidazole rings is 1. The SMILES string of the molecule is CN1CCN(Cc2c(-c3cc(C(C)(C)C)c(O)c(C(C)(C)C)c3)nc3n2CCS3)CC1. The Labute approximate surface area is 191 Å². The minimum absolute atomic E-state index is 0.144. The summed E-state index contributed by atoms with van der Waals surface area (Å²) < 4.78 is 2.43. The van der Waals surface area contributed by atoms with Gasteiger partial charge in [-0.05, 0) is 30.0 Å². The fourth-order valence-electron chi connectivity index (χ4n) is 4.56. The monoisotopic (exact) mass is 442 g/mol. The molecule has 2 aliphatic heterocycles. The van der Waals surface area contributed by atoms with Crippen molar-refractivity contribution in [3.63, 3.8) is 0 Å². The molecule has 5 nitrogen and oxygen atoms in total. The van der Waals surface area contributed by atoms with Crippen molar-refractivity contribution in [1.82, 2.24) is 19.4 Å². The lowest BCUT2D eigenvalue weighted by Gasteiger charge is -2.32. The third-order valence-electron chi connectivity index (χ3n) is 6.55. The van der Waals surface area contributed by atoms with E-state index in [4.69, 9.17) is 4.98 Å². The van der Waals surface area contributed by atoms with Crippen LogP contribution >= 0.6 is 11.8 Å². The molecule has 0 spiro atoms. The van der Waals surface area contributed by atoms with Crippen LogP contribution < -0.4 is 0 Å². The number of phenols is 1. The second-order valence-corrected chi connectivity index (χ2v) is 12.3. The molecule has 1 aromatic heterocycles. The van der Waals surface area contributed by atoms with Gasteiger partial charge < -0.3 is 14.6 Å². The third kappa shape index (κ3) is 4.53. The molecule has 0 amide bonds. The van der Waals surface area contributed by atoms with Gasteiger partial charge in [-0.1, -0.05) is 53.3 Å². The van der Waals surface area contributed by atoms with Gasteiger partial charge in [-0.25, -0.2) is 4.98 Å². The van der Waals surface area contributed by atoms with Crippen molar-refractivity contribution in [2.75, 3.05) is 39.0 Å². The van der Waals surface area contributed by atoms with Crippen LogP contribution in [0.4, 0.5) is 0 Å². The lowest BCUT2D eigenvalue weighted by Crippen LogP contribution is -2.44. The number of piperazine rings is 1.